The van der Waals surface area contributed by atoms with Crippen LogP contribution in [0.4, 0.5) is 4.39 Å². The number of fused-ring (bicyclic) bond motifs is 1. The minimum Gasteiger partial charge on any atom is -0.272 e. The van der Waals surface area contributed by atoms with Crippen molar-refractivity contribution in [3.05, 3.63) is 142 Å². The number of halogens is 3. The van der Waals surface area contributed by atoms with E-state index in [2.05, 4.69) is 6.08 Å². The average Bonchev–Trinajstić information content (AvgIpc) is 3.21. The lowest BCUT2D eigenvalue weighted by molar-refractivity contribution is 0.553. The largest absolute Gasteiger partial charge is 0.272 e. The summed E-state index contributed by atoms with van der Waals surface area (Å²) in [6.45, 7) is 0. The Hall–Kier alpha value is -3.25. The van der Waals surface area contributed by atoms with E-state index in [-0.39, 0.29) is 17.4 Å². The maximum Gasteiger partial charge on any atom is 0.271 e. The third-order valence-electron chi connectivity index (χ3n) is 6.74. The normalized spacial score (nSPS) is 18.5. The summed E-state index contributed by atoms with van der Waals surface area (Å²) < 4.78 is 15.7. The van der Waals surface area contributed by atoms with Crippen molar-refractivity contribution in [1.82, 2.24) is 4.57 Å². The highest BCUT2D eigenvalue weighted by Crippen LogP contribution is 2.42. The van der Waals surface area contributed by atoms with Crippen molar-refractivity contribution in [3.63, 3.8) is 0 Å². The molecule has 1 aliphatic carbocycles. The van der Waals surface area contributed by atoms with Crippen molar-refractivity contribution in [1.29, 1.82) is 0 Å². The summed E-state index contributed by atoms with van der Waals surface area (Å²) in [6, 6.07) is 21.2. The van der Waals surface area contributed by atoms with Crippen molar-refractivity contribution >= 4 is 46.7 Å². The van der Waals surface area contributed by atoms with Gasteiger partial charge in [0.1, 0.15) is 5.82 Å². The molecule has 2 aliphatic rings. The lowest BCUT2D eigenvalue weighted by Gasteiger charge is -2.31. The lowest BCUT2D eigenvalue weighted by atomic mass is 9.84. The molecule has 0 spiro atoms. The summed E-state index contributed by atoms with van der Waals surface area (Å²) in [5.74, 6) is -0.317. The monoisotopic (exact) mass is 546 g/mol. The van der Waals surface area contributed by atoms with Crippen LogP contribution in [0.1, 0.15) is 42.0 Å². The summed E-state index contributed by atoms with van der Waals surface area (Å²) in [5.41, 5.74) is 5.53. The fourth-order valence-electron chi connectivity index (χ4n) is 5.02. The van der Waals surface area contributed by atoms with Crippen LogP contribution in [0.25, 0.3) is 12.2 Å². The molecule has 3 aromatic carbocycles. The Kier molecular flexibility index (Phi) is 6.45. The van der Waals surface area contributed by atoms with Crippen molar-refractivity contribution in [3.8, 4) is 0 Å². The van der Waals surface area contributed by atoms with Gasteiger partial charge in [0.2, 0.25) is 0 Å². The van der Waals surface area contributed by atoms with Crippen molar-refractivity contribution < 1.29 is 4.39 Å². The van der Waals surface area contributed by atoms with Crippen LogP contribution in [0.3, 0.4) is 0 Å². The van der Waals surface area contributed by atoms with Gasteiger partial charge in [0.15, 0.2) is 4.80 Å². The predicted molar refractivity (Wildman–Crippen MR) is 149 cm³/mol. The van der Waals surface area contributed by atoms with Gasteiger partial charge in [-0.05, 0) is 83.5 Å². The first kappa shape index (κ1) is 24.1. The van der Waals surface area contributed by atoms with Gasteiger partial charge < -0.3 is 0 Å². The molecule has 0 radical (unpaired) electrons. The standard InChI is InChI=1S/C30H21Cl2FN2OS/c31-24-10-3-1-6-19(24)17-20-7-5-9-23-27(20)34-30-35(28(23)22-8-2-4-11-25(22)32)29(36)26(37-30)16-18-12-14-21(33)15-13-18/h1-4,6,8,10-17,28H,5,7,9H2/b20-17-,26-16-/t28-/m0/s1. The van der Waals surface area contributed by atoms with Crippen LogP contribution in [0, 0.1) is 5.82 Å². The van der Waals surface area contributed by atoms with Crippen LogP contribution in [-0.4, -0.2) is 4.57 Å². The molecule has 6 rings (SSSR count). The maximum atomic E-state index is 13.8. The van der Waals surface area contributed by atoms with Gasteiger partial charge in [-0.1, -0.05) is 83.1 Å². The quantitative estimate of drug-likeness (QED) is 0.274. The lowest BCUT2D eigenvalue weighted by Crippen LogP contribution is -2.39. The molecular formula is C30H21Cl2FN2OS. The van der Waals surface area contributed by atoms with E-state index in [4.69, 9.17) is 28.2 Å². The molecule has 0 saturated carbocycles. The highest BCUT2D eigenvalue weighted by molar-refractivity contribution is 7.07. The van der Waals surface area contributed by atoms with Crippen LogP contribution in [-0.2, 0) is 0 Å². The van der Waals surface area contributed by atoms with Gasteiger partial charge >= 0.3 is 0 Å². The minimum absolute atomic E-state index is 0.133. The van der Waals surface area contributed by atoms with Gasteiger partial charge in [0.25, 0.3) is 5.56 Å². The van der Waals surface area contributed by atoms with Crippen LogP contribution >= 0.6 is 34.5 Å². The first-order valence-electron chi connectivity index (χ1n) is 12.0. The fourth-order valence-corrected chi connectivity index (χ4v) is 6.45. The third kappa shape index (κ3) is 4.52. The maximum absolute atomic E-state index is 13.8. The van der Waals surface area contributed by atoms with Gasteiger partial charge in [0, 0.05) is 10.0 Å². The molecule has 0 bridgehead atoms. The molecule has 0 unspecified atom stereocenters. The van der Waals surface area contributed by atoms with Crippen molar-refractivity contribution in [2.75, 3.05) is 0 Å². The van der Waals surface area contributed by atoms with E-state index in [1.165, 1.54) is 23.5 Å². The Bertz CT molecular complexity index is 1770. The zero-order valence-electron chi connectivity index (χ0n) is 19.6. The molecule has 0 N–H and O–H groups in total. The van der Waals surface area contributed by atoms with Gasteiger partial charge in [-0.3, -0.25) is 9.36 Å². The Morgan fingerprint density at radius 3 is 2.41 bits per heavy atom. The van der Waals surface area contributed by atoms with Crippen LogP contribution in [0.15, 0.2) is 99.4 Å². The van der Waals surface area contributed by atoms with Gasteiger partial charge in [-0.2, -0.15) is 0 Å². The first-order valence-corrected chi connectivity index (χ1v) is 13.6. The summed E-state index contributed by atoms with van der Waals surface area (Å²) >= 11 is 14.5. The zero-order chi connectivity index (χ0) is 25.5. The van der Waals surface area contributed by atoms with E-state index in [9.17, 15) is 9.18 Å². The Morgan fingerprint density at radius 2 is 1.65 bits per heavy atom. The number of thiazole rings is 1. The van der Waals surface area contributed by atoms with Crippen molar-refractivity contribution in [2.24, 2.45) is 4.99 Å². The predicted octanol–water partition coefficient (Wildman–Crippen LogP) is 6.93. The van der Waals surface area contributed by atoms with Gasteiger partial charge in [-0.25, -0.2) is 9.38 Å². The number of benzene rings is 3. The number of rotatable bonds is 3. The minimum atomic E-state index is -0.356. The van der Waals surface area contributed by atoms with E-state index in [1.807, 2.05) is 48.5 Å². The van der Waals surface area contributed by atoms with E-state index < -0.39 is 0 Å². The summed E-state index contributed by atoms with van der Waals surface area (Å²) in [6.07, 6.45) is 6.52. The van der Waals surface area contributed by atoms with E-state index in [0.717, 1.165) is 52.8 Å². The van der Waals surface area contributed by atoms with E-state index in [1.54, 1.807) is 22.8 Å². The molecule has 37 heavy (non-hydrogen) atoms. The number of allylic oxidation sites excluding steroid dienone is 2. The molecule has 1 aliphatic heterocycles. The fraction of sp³-hybridized carbons (Fsp3) is 0.133. The SMILES string of the molecule is O=c1/c(=C/c2ccc(F)cc2)sc2n1[C@@H](c1ccccc1Cl)C1=C(N=2)/C(=C\c2ccccc2Cl)CCC1. The first-order chi connectivity index (χ1) is 18.0. The topological polar surface area (TPSA) is 34.4 Å². The summed E-state index contributed by atoms with van der Waals surface area (Å²) in [5, 5.41) is 1.29. The van der Waals surface area contributed by atoms with E-state index in [0.29, 0.717) is 19.4 Å². The number of hydrogen-bond donors (Lipinski definition) is 0. The zero-order valence-corrected chi connectivity index (χ0v) is 22.0. The molecule has 4 aromatic rings. The number of aromatic nitrogens is 1. The highest BCUT2D eigenvalue weighted by Gasteiger charge is 2.33. The molecule has 7 heteroatoms. The van der Waals surface area contributed by atoms with Crippen molar-refractivity contribution in [2.45, 2.75) is 25.3 Å². The Balaban J connectivity index is 1.60. The average molecular weight is 547 g/mol. The van der Waals surface area contributed by atoms with Gasteiger partial charge in [0.05, 0.1) is 16.3 Å². The summed E-state index contributed by atoms with van der Waals surface area (Å²) in [4.78, 5) is 19.4. The Labute approximate surface area is 227 Å². The molecule has 2 heterocycles. The number of nitrogens with zero attached hydrogens (tertiary/aromatic N) is 2. The molecule has 0 fully saturated rings. The molecule has 1 aromatic heterocycles. The van der Waals surface area contributed by atoms with Gasteiger partial charge in [-0.15, -0.1) is 0 Å². The number of hydrogen-bond acceptors (Lipinski definition) is 3. The molecule has 0 saturated heterocycles. The highest BCUT2D eigenvalue weighted by atomic mass is 35.5. The van der Waals surface area contributed by atoms with E-state index >= 15 is 0 Å². The molecule has 184 valence electrons. The third-order valence-corrected chi connectivity index (χ3v) is 8.41. The Morgan fingerprint density at radius 1 is 0.919 bits per heavy atom. The second-order valence-electron chi connectivity index (χ2n) is 9.07. The van der Waals surface area contributed by atoms with Crippen LogP contribution in [0.5, 0.6) is 0 Å². The second-order valence-corrected chi connectivity index (χ2v) is 10.9. The van der Waals surface area contributed by atoms with Crippen LogP contribution < -0.4 is 14.9 Å². The smallest absolute Gasteiger partial charge is 0.271 e. The molecule has 0 amide bonds. The molecule has 1 atom stereocenters. The summed E-state index contributed by atoms with van der Waals surface area (Å²) in [7, 11) is 0. The molecular weight excluding hydrogens is 526 g/mol. The molecule has 3 nitrogen and oxygen atoms in total. The second kappa shape index (κ2) is 9.90. The van der Waals surface area contributed by atoms with Crippen LogP contribution in [0.2, 0.25) is 10.0 Å².